The highest BCUT2D eigenvalue weighted by atomic mass is 16.2. The Bertz CT molecular complexity index is 675. The highest BCUT2D eigenvalue weighted by Gasteiger charge is 2.37. The number of para-hydroxylation sites is 1. The maximum absolute atomic E-state index is 13.4. The molecule has 5 nitrogen and oxygen atoms in total. The van der Waals surface area contributed by atoms with Gasteiger partial charge >= 0.3 is 0 Å². The molecule has 0 spiro atoms. The van der Waals surface area contributed by atoms with Crippen molar-refractivity contribution in [3.8, 4) is 0 Å². The maximum Gasteiger partial charge on any atom is 0.249 e. The fourth-order valence-corrected chi connectivity index (χ4v) is 4.55. The highest BCUT2D eigenvalue weighted by molar-refractivity contribution is 5.99. The predicted octanol–water partition coefficient (Wildman–Crippen LogP) is 2.40. The average molecular weight is 341 g/mol. The van der Waals surface area contributed by atoms with Crippen molar-refractivity contribution in [2.24, 2.45) is 0 Å². The Kier molecular flexibility index (Phi) is 4.50. The van der Waals surface area contributed by atoms with Crippen molar-refractivity contribution < 1.29 is 9.59 Å². The summed E-state index contributed by atoms with van der Waals surface area (Å²) in [5.74, 6) is 0.189. The van der Waals surface area contributed by atoms with E-state index < -0.39 is 0 Å². The van der Waals surface area contributed by atoms with E-state index in [1.807, 2.05) is 17.9 Å². The largest absolute Gasteiger partial charge is 0.331 e. The molecule has 5 heteroatoms. The van der Waals surface area contributed by atoms with Crippen molar-refractivity contribution in [3.05, 3.63) is 29.8 Å². The normalized spacial score (nSPS) is 25.3. The van der Waals surface area contributed by atoms with E-state index in [1.54, 1.807) is 4.90 Å². The molecule has 0 radical (unpaired) electrons. The number of likely N-dealkylation sites (tertiary alicyclic amines) is 1. The fraction of sp³-hybridized carbons (Fsp3) is 0.600. The molecule has 3 aliphatic rings. The molecule has 4 rings (SSSR count). The van der Waals surface area contributed by atoms with Crippen LogP contribution < -0.4 is 4.90 Å². The minimum atomic E-state index is -0.381. The van der Waals surface area contributed by atoms with E-state index in [9.17, 15) is 9.59 Å². The topological polar surface area (TPSA) is 43.9 Å². The Labute approximate surface area is 149 Å². The lowest BCUT2D eigenvalue weighted by atomic mass is 10.1. The molecule has 1 aromatic rings. The second-order valence-corrected chi connectivity index (χ2v) is 7.56. The van der Waals surface area contributed by atoms with Crippen LogP contribution in [-0.2, 0) is 16.1 Å². The summed E-state index contributed by atoms with van der Waals surface area (Å²) < 4.78 is 0. The van der Waals surface area contributed by atoms with E-state index in [-0.39, 0.29) is 17.9 Å². The second kappa shape index (κ2) is 6.79. The van der Waals surface area contributed by atoms with Crippen molar-refractivity contribution in [2.75, 3.05) is 24.5 Å². The molecule has 3 aliphatic heterocycles. The zero-order valence-electron chi connectivity index (χ0n) is 15.0. The van der Waals surface area contributed by atoms with Gasteiger partial charge in [-0.3, -0.25) is 14.5 Å². The van der Waals surface area contributed by atoms with Crippen LogP contribution in [0.4, 0.5) is 5.69 Å². The number of piperidine rings is 1. The molecule has 0 aromatic heterocycles. The molecule has 2 atom stereocenters. The smallest absolute Gasteiger partial charge is 0.249 e. The van der Waals surface area contributed by atoms with E-state index in [2.05, 4.69) is 23.1 Å². The Hall–Kier alpha value is -1.88. The third kappa shape index (κ3) is 3.06. The second-order valence-electron chi connectivity index (χ2n) is 7.56. The minimum Gasteiger partial charge on any atom is -0.331 e. The van der Waals surface area contributed by atoms with Gasteiger partial charge in [-0.2, -0.15) is 0 Å². The van der Waals surface area contributed by atoms with Gasteiger partial charge in [0.2, 0.25) is 11.8 Å². The molecule has 25 heavy (non-hydrogen) atoms. The van der Waals surface area contributed by atoms with Gasteiger partial charge in [0.15, 0.2) is 0 Å². The van der Waals surface area contributed by atoms with Gasteiger partial charge in [0.1, 0.15) is 6.04 Å². The van der Waals surface area contributed by atoms with Crippen molar-refractivity contribution in [3.63, 3.8) is 0 Å². The molecule has 0 N–H and O–H groups in total. The first-order chi connectivity index (χ1) is 12.1. The monoisotopic (exact) mass is 341 g/mol. The summed E-state index contributed by atoms with van der Waals surface area (Å²) in [5, 5.41) is 0. The number of anilines is 1. The number of amides is 2. The lowest BCUT2D eigenvalue weighted by molar-refractivity contribution is -0.140. The first-order valence-corrected chi connectivity index (χ1v) is 9.58. The van der Waals surface area contributed by atoms with Crippen LogP contribution in [0.15, 0.2) is 24.3 Å². The predicted molar refractivity (Wildman–Crippen MR) is 97.3 cm³/mol. The van der Waals surface area contributed by atoms with Crippen LogP contribution in [0.1, 0.15) is 44.6 Å². The van der Waals surface area contributed by atoms with E-state index in [0.29, 0.717) is 19.0 Å². The zero-order chi connectivity index (χ0) is 17.4. The first-order valence-electron chi connectivity index (χ1n) is 9.58. The molecule has 2 amide bonds. The number of fused-ring (bicyclic) bond motifs is 2. The summed E-state index contributed by atoms with van der Waals surface area (Å²) >= 11 is 0. The molecule has 0 unspecified atom stereocenters. The van der Waals surface area contributed by atoms with Crippen LogP contribution >= 0.6 is 0 Å². The summed E-state index contributed by atoms with van der Waals surface area (Å²) in [6.45, 7) is 5.37. The van der Waals surface area contributed by atoms with Crippen molar-refractivity contribution in [2.45, 2.75) is 57.7 Å². The van der Waals surface area contributed by atoms with Crippen LogP contribution in [0.2, 0.25) is 0 Å². The van der Waals surface area contributed by atoms with Crippen LogP contribution in [0, 0.1) is 0 Å². The van der Waals surface area contributed by atoms with Crippen molar-refractivity contribution in [1.29, 1.82) is 0 Å². The van der Waals surface area contributed by atoms with Crippen molar-refractivity contribution >= 4 is 17.5 Å². The van der Waals surface area contributed by atoms with Gasteiger partial charge in [-0.25, -0.2) is 0 Å². The third-order valence-corrected chi connectivity index (χ3v) is 6.00. The van der Waals surface area contributed by atoms with E-state index in [1.165, 1.54) is 12.0 Å². The number of benzene rings is 1. The summed E-state index contributed by atoms with van der Waals surface area (Å²) in [4.78, 5) is 31.9. The number of nitrogens with zero attached hydrogens (tertiary/aromatic N) is 3. The lowest BCUT2D eigenvalue weighted by Gasteiger charge is -2.35. The lowest BCUT2D eigenvalue weighted by Crippen LogP contribution is -2.52. The van der Waals surface area contributed by atoms with E-state index in [0.717, 1.165) is 44.6 Å². The van der Waals surface area contributed by atoms with Crippen LogP contribution in [-0.4, -0.2) is 53.3 Å². The third-order valence-electron chi connectivity index (χ3n) is 6.00. The molecule has 1 aromatic carbocycles. The van der Waals surface area contributed by atoms with Crippen molar-refractivity contribution in [1.82, 2.24) is 9.80 Å². The molecule has 3 heterocycles. The minimum absolute atomic E-state index is 0.0662. The van der Waals surface area contributed by atoms with Gasteiger partial charge < -0.3 is 9.80 Å². The Balaban J connectivity index is 1.63. The molecule has 0 aliphatic carbocycles. The van der Waals surface area contributed by atoms with E-state index in [4.69, 9.17) is 0 Å². The SMILES string of the molecule is C[C@H](C(=O)N1C[C@@H]2CCCN2Cc2ccccc21)N1CCCCC1=O. The molecule has 0 bridgehead atoms. The Morgan fingerprint density at radius 1 is 1.16 bits per heavy atom. The average Bonchev–Trinajstić information content (AvgIpc) is 3.00. The summed E-state index contributed by atoms with van der Waals surface area (Å²) in [5.41, 5.74) is 2.25. The summed E-state index contributed by atoms with van der Waals surface area (Å²) in [7, 11) is 0. The number of carbonyl (C=O) groups excluding carboxylic acids is 2. The van der Waals surface area contributed by atoms with Crippen LogP contribution in [0.3, 0.4) is 0 Å². The molecule has 2 saturated heterocycles. The maximum atomic E-state index is 13.4. The van der Waals surface area contributed by atoms with Gasteiger partial charge in [-0.15, -0.1) is 0 Å². The summed E-state index contributed by atoms with van der Waals surface area (Å²) in [6, 6.07) is 8.30. The van der Waals surface area contributed by atoms with Crippen LogP contribution in [0.25, 0.3) is 0 Å². The number of hydrogen-bond acceptors (Lipinski definition) is 3. The standard InChI is InChI=1S/C20H27N3O2/c1-15(22-12-5-4-10-19(22)24)20(25)23-14-17-8-6-11-21(17)13-16-7-2-3-9-18(16)23/h2-3,7,9,15,17H,4-6,8,10-14H2,1H3/t15-,17+/m1/s1. The first kappa shape index (κ1) is 16.6. The Morgan fingerprint density at radius 2 is 2.00 bits per heavy atom. The number of hydrogen-bond donors (Lipinski definition) is 0. The number of carbonyl (C=O) groups is 2. The Morgan fingerprint density at radius 3 is 2.84 bits per heavy atom. The highest BCUT2D eigenvalue weighted by Crippen LogP contribution is 2.32. The van der Waals surface area contributed by atoms with Crippen LogP contribution in [0.5, 0.6) is 0 Å². The molecular weight excluding hydrogens is 314 g/mol. The van der Waals surface area contributed by atoms with Gasteiger partial charge in [0.05, 0.1) is 0 Å². The molecule has 134 valence electrons. The molecule has 2 fully saturated rings. The summed E-state index contributed by atoms with van der Waals surface area (Å²) in [6.07, 6.45) is 4.87. The number of rotatable bonds is 2. The van der Waals surface area contributed by atoms with Gasteiger partial charge in [0.25, 0.3) is 0 Å². The van der Waals surface area contributed by atoms with Gasteiger partial charge in [0, 0.05) is 37.8 Å². The molecular formula is C20H27N3O2. The quantitative estimate of drug-likeness (QED) is 0.830. The van der Waals surface area contributed by atoms with Gasteiger partial charge in [-0.05, 0) is 50.8 Å². The van der Waals surface area contributed by atoms with E-state index >= 15 is 0 Å². The zero-order valence-corrected chi connectivity index (χ0v) is 15.0. The molecule has 0 saturated carbocycles. The fourth-order valence-electron chi connectivity index (χ4n) is 4.55. The van der Waals surface area contributed by atoms with Gasteiger partial charge in [-0.1, -0.05) is 18.2 Å².